The molecule has 0 aliphatic carbocycles. The molecule has 0 saturated carbocycles. The lowest BCUT2D eigenvalue weighted by atomic mass is 10.0. The molecule has 1 rings (SSSR count). The van der Waals surface area contributed by atoms with Crippen LogP contribution in [0.15, 0.2) is 24.3 Å². The number of hydrogen-bond acceptors (Lipinski definition) is 1. The largest absolute Gasteiger partial charge is 0.508 e. The lowest BCUT2D eigenvalue weighted by Gasteiger charge is -2.37. The Labute approximate surface area is 108 Å². The van der Waals surface area contributed by atoms with Crippen LogP contribution >= 0.6 is 0 Å². The van der Waals surface area contributed by atoms with Crippen LogP contribution in [0, 0.1) is 0 Å². The van der Waals surface area contributed by atoms with Gasteiger partial charge in [0.05, 0.1) is 0 Å². The molecule has 3 heteroatoms. The molecule has 0 fully saturated rings. The molecule has 1 nitrogen and oxygen atoms in total. The molecule has 0 aliphatic rings. The maximum atomic E-state index is 9.54. The average molecular weight is 267 g/mol. The fourth-order valence-corrected chi connectivity index (χ4v) is 7.16. The summed E-state index contributed by atoms with van der Waals surface area (Å²) in [4.78, 5) is 0. The summed E-state index contributed by atoms with van der Waals surface area (Å²) in [6.07, 6.45) is 0. The van der Waals surface area contributed by atoms with Gasteiger partial charge in [0.1, 0.15) is 5.75 Å². The van der Waals surface area contributed by atoms with E-state index in [0.717, 1.165) is 0 Å². The maximum Gasteiger partial charge on any atom is 0.115 e. The van der Waals surface area contributed by atoms with Gasteiger partial charge in [0, 0.05) is 15.2 Å². The van der Waals surface area contributed by atoms with Crippen molar-refractivity contribution in [2.45, 2.75) is 51.6 Å². The minimum atomic E-state index is -1.11. The lowest BCUT2D eigenvalue weighted by molar-refractivity contribution is 0.474. The molecule has 0 aliphatic heterocycles. The van der Waals surface area contributed by atoms with Crippen LogP contribution in [0.4, 0.5) is 0 Å². The Bertz CT molecular complexity index is 380. The van der Waals surface area contributed by atoms with Gasteiger partial charge in [-0.2, -0.15) is 0 Å². The number of rotatable bonds is 4. The number of phenolic OH excluding ortho intramolecular Hbond substituents is 1. The van der Waals surface area contributed by atoms with E-state index in [9.17, 15) is 5.11 Å². The van der Waals surface area contributed by atoms with Gasteiger partial charge in [-0.25, -0.2) is 0 Å². The zero-order chi connectivity index (χ0) is 13.3. The summed E-state index contributed by atoms with van der Waals surface area (Å²) in [5.74, 6) is 0.956. The van der Waals surface area contributed by atoms with Crippen molar-refractivity contribution >= 4 is 15.2 Å². The molecular formula is C14H26OSi2. The maximum absolute atomic E-state index is 9.54. The Morgan fingerprint density at radius 3 is 2.18 bits per heavy atom. The lowest BCUT2D eigenvalue weighted by Crippen LogP contribution is -2.52. The van der Waals surface area contributed by atoms with Crippen molar-refractivity contribution in [3.8, 4) is 5.75 Å². The molecule has 1 aromatic carbocycles. The third kappa shape index (κ3) is 3.71. The van der Waals surface area contributed by atoms with E-state index in [-0.39, 0.29) is 0 Å². The molecule has 0 bridgehead atoms. The Balaban J connectivity index is 2.83. The van der Waals surface area contributed by atoms with Crippen molar-refractivity contribution in [1.29, 1.82) is 0 Å². The van der Waals surface area contributed by atoms with E-state index < -0.39 is 15.2 Å². The standard InChI is InChI=1S/C14H26OSi2/c1-12(11-17(5,6)16(2,3)4)13-8-7-9-14(15)10-13/h7-10,12,15H,11H2,1-6H3. The molecule has 1 aromatic rings. The first-order valence-electron chi connectivity index (χ1n) is 6.42. The molecule has 0 spiro atoms. The van der Waals surface area contributed by atoms with Gasteiger partial charge >= 0.3 is 0 Å². The second kappa shape index (κ2) is 4.98. The SMILES string of the molecule is CC(C[Si](C)(C)[Si](C)(C)C)c1cccc(O)c1. The second-order valence-corrected chi connectivity index (χ2v) is 24.1. The van der Waals surface area contributed by atoms with E-state index >= 15 is 0 Å². The summed E-state index contributed by atoms with van der Waals surface area (Å²) in [6.45, 7) is 14.8. The van der Waals surface area contributed by atoms with Gasteiger partial charge in [-0.05, 0) is 23.6 Å². The zero-order valence-electron chi connectivity index (χ0n) is 12.0. The molecular weight excluding hydrogens is 240 g/mol. The van der Waals surface area contributed by atoms with Crippen LogP contribution in [0.5, 0.6) is 5.75 Å². The summed E-state index contributed by atoms with van der Waals surface area (Å²) < 4.78 is 0. The van der Waals surface area contributed by atoms with Gasteiger partial charge in [-0.15, -0.1) is 0 Å². The summed E-state index contributed by atoms with van der Waals surface area (Å²) >= 11 is 0. The van der Waals surface area contributed by atoms with Crippen molar-refractivity contribution in [3.05, 3.63) is 29.8 Å². The Morgan fingerprint density at radius 1 is 1.12 bits per heavy atom. The van der Waals surface area contributed by atoms with Gasteiger partial charge in [0.2, 0.25) is 0 Å². The van der Waals surface area contributed by atoms with E-state index in [4.69, 9.17) is 0 Å². The third-order valence-corrected chi connectivity index (χ3v) is 22.8. The van der Waals surface area contributed by atoms with Crippen molar-refractivity contribution in [2.24, 2.45) is 0 Å². The molecule has 96 valence electrons. The minimum absolute atomic E-state index is 0.391. The molecule has 0 saturated heterocycles. The topological polar surface area (TPSA) is 20.2 Å². The van der Waals surface area contributed by atoms with Crippen LogP contribution in [0.3, 0.4) is 0 Å². The van der Waals surface area contributed by atoms with Crippen molar-refractivity contribution in [2.75, 3.05) is 0 Å². The van der Waals surface area contributed by atoms with E-state index in [1.165, 1.54) is 11.6 Å². The van der Waals surface area contributed by atoms with Crippen molar-refractivity contribution < 1.29 is 5.11 Å². The van der Waals surface area contributed by atoms with Crippen LogP contribution in [0.25, 0.3) is 0 Å². The van der Waals surface area contributed by atoms with E-state index in [0.29, 0.717) is 11.7 Å². The minimum Gasteiger partial charge on any atom is -0.508 e. The fourth-order valence-electron chi connectivity index (χ4n) is 2.02. The first-order chi connectivity index (χ1) is 7.63. The first kappa shape index (κ1) is 14.5. The number of hydrogen-bond donors (Lipinski definition) is 1. The zero-order valence-corrected chi connectivity index (χ0v) is 14.0. The second-order valence-electron chi connectivity index (χ2n) is 6.83. The van der Waals surface area contributed by atoms with E-state index in [1.807, 2.05) is 12.1 Å². The van der Waals surface area contributed by atoms with Gasteiger partial charge in [0.25, 0.3) is 0 Å². The summed E-state index contributed by atoms with van der Waals surface area (Å²) in [6, 6.07) is 9.08. The highest BCUT2D eigenvalue weighted by molar-refractivity contribution is 7.40. The van der Waals surface area contributed by atoms with E-state index in [1.54, 1.807) is 6.07 Å². The Kier molecular flexibility index (Phi) is 4.25. The molecule has 1 atom stereocenters. The molecule has 1 unspecified atom stereocenters. The molecule has 17 heavy (non-hydrogen) atoms. The van der Waals surface area contributed by atoms with Crippen LogP contribution < -0.4 is 0 Å². The molecule has 1 N–H and O–H groups in total. The van der Waals surface area contributed by atoms with Crippen molar-refractivity contribution in [3.63, 3.8) is 0 Å². The van der Waals surface area contributed by atoms with Crippen molar-refractivity contribution in [1.82, 2.24) is 0 Å². The van der Waals surface area contributed by atoms with Gasteiger partial charge in [0.15, 0.2) is 0 Å². The number of aromatic hydroxyl groups is 1. The van der Waals surface area contributed by atoms with Crippen LogP contribution in [0.2, 0.25) is 38.8 Å². The van der Waals surface area contributed by atoms with Gasteiger partial charge < -0.3 is 5.11 Å². The molecule has 0 heterocycles. The highest BCUT2D eigenvalue weighted by Gasteiger charge is 2.37. The Morgan fingerprint density at radius 2 is 1.71 bits per heavy atom. The summed E-state index contributed by atoms with van der Waals surface area (Å²) in [7, 11) is -2.13. The van der Waals surface area contributed by atoms with Crippen LogP contribution in [-0.4, -0.2) is 20.3 Å². The van der Waals surface area contributed by atoms with Gasteiger partial charge in [-0.3, -0.25) is 0 Å². The normalized spacial score (nSPS) is 14.7. The first-order valence-corrected chi connectivity index (χ1v) is 14.1. The molecule has 0 radical (unpaired) electrons. The predicted molar refractivity (Wildman–Crippen MR) is 82.2 cm³/mol. The monoisotopic (exact) mass is 266 g/mol. The smallest absolute Gasteiger partial charge is 0.115 e. The van der Waals surface area contributed by atoms with E-state index in [2.05, 4.69) is 45.7 Å². The third-order valence-electron chi connectivity index (χ3n) is 4.29. The quantitative estimate of drug-likeness (QED) is 0.788. The highest BCUT2D eigenvalue weighted by Crippen LogP contribution is 2.32. The summed E-state index contributed by atoms with van der Waals surface area (Å²) in [5.41, 5.74) is 1.28. The summed E-state index contributed by atoms with van der Waals surface area (Å²) in [5, 5.41) is 9.54. The number of phenols is 1. The number of benzene rings is 1. The molecule has 0 amide bonds. The van der Waals surface area contributed by atoms with Gasteiger partial charge in [-0.1, -0.05) is 57.8 Å². The predicted octanol–water partition coefficient (Wildman–Crippen LogP) is 4.62. The Hall–Kier alpha value is -0.546. The molecule has 0 aromatic heterocycles. The van der Waals surface area contributed by atoms with Crippen LogP contribution in [-0.2, 0) is 0 Å². The fraction of sp³-hybridized carbons (Fsp3) is 0.571. The van der Waals surface area contributed by atoms with Crippen LogP contribution in [0.1, 0.15) is 18.4 Å². The average Bonchev–Trinajstić information content (AvgIpc) is 2.15. The highest BCUT2D eigenvalue weighted by atomic mass is 29.3.